The highest BCUT2D eigenvalue weighted by molar-refractivity contribution is 5.34. The molecule has 2 nitrogen and oxygen atoms in total. The Balaban J connectivity index is 2.14. The van der Waals surface area contributed by atoms with Crippen molar-refractivity contribution in [1.29, 1.82) is 0 Å². The zero-order valence-electron chi connectivity index (χ0n) is 11.1. The van der Waals surface area contributed by atoms with Gasteiger partial charge in [-0.25, -0.2) is 0 Å². The summed E-state index contributed by atoms with van der Waals surface area (Å²) in [6.07, 6.45) is 2.59. The molecule has 2 heteroatoms. The first-order valence-electron chi connectivity index (χ1n) is 6.58. The molecule has 0 spiro atoms. The highest BCUT2D eigenvalue weighted by Crippen LogP contribution is 2.47. The molecule has 1 aromatic rings. The molecule has 0 saturated heterocycles. The van der Waals surface area contributed by atoms with Crippen LogP contribution in [-0.2, 0) is 5.41 Å². The predicted molar refractivity (Wildman–Crippen MR) is 71.6 cm³/mol. The summed E-state index contributed by atoms with van der Waals surface area (Å²) >= 11 is 0. The molecule has 1 aromatic carbocycles. The van der Waals surface area contributed by atoms with E-state index in [-0.39, 0.29) is 0 Å². The van der Waals surface area contributed by atoms with E-state index in [9.17, 15) is 0 Å². The van der Waals surface area contributed by atoms with Gasteiger partial charge in [-0.15, -0.1) is 0 Å². The first-order chi connectivity index (χ1) is 8.20. The Labute approximate surface area is 104 Å². The van der Waals surface area contributed by atoms with Gasteiger partial charge < -0.3 is 10.1 Å². The molecule has 17 heavy (non-hydrogen) atoms. The van der Waals surface area contributed by atoms with E-state index >= 15 is 0 Å². The standard InChI is InChI=1S/C15H23NO/c1-4-17-14-7-5-13(6-8-14)15(11-16-3)9-12(2)10-15/h5-8,12,16H,4,9-11H2,1-3H3. The van der Waals surface area contributed by atoms with Gasteiger partial charge in [0.25, 0.3) is 0 Å². The second-order valence-electron chi connectivity index (χ2n) is 5.28. The molecule has 0 aromatic heterocycles. The topological polar surface area (TPSA) is 21.3 Å². The molecular formula is C15H23NO. The summed E-state index contributed by atoms with van der Waals surface area (Å²) in [4.78, 5) is 0. The van der Waals surface area contributed by atoms with Gasteiger partial charge in [-0.2, -0.15) is 0 Å². The number of nitrogens with one attached hydrogen (secondary N) is 1. The fourth-order valence-corrected chi connectivity index (χ4v) is 3.17. The monoisotopic (exact) mass is 233 g/mol. The third kappa shape index (κ3) is 2.47. The van der Waals surface area contributed by atoms with Crippen LogP contribution in [0.4, 0.5) is 0 Å². The van der Waals surface area contributed by atoms with Crippen molar-refractivity contribution in [3.05, 3.63) is 29.8 Å². The van der Waals surface area contributed by atoms with Crippen molar-refractivity contribution in [3.63, 3.8) is 0 Å². The Morgan fingerprint density at radius 2 is 1.94 bits per heavy atom. The molecule has 1 aliphatic rings. The van der Waals surface area contributed by atoms with E-state index in [1.807, 2.05) is 14.0 Å². The van der Waals surface area contributed by atoms with Crippen LogP contribution in [0.15, 0.2) is 24.3 Å². The zero-order valence-corrected chi connectivity index (χ0v) is 11.1. The van der Waals surface area contributed by atoms with Gasteiger partial charge >= 0.3 is 0 Å². The number of benzene rings is 1. The molecule has 0 bridgehead atoms. The maximum absolute atomic E-state index is 5.49. The van der Waals surface area contributed by atoms with Gasteiger partial charge in [0, 0.05) is 12.0 Å². The van der Waals surface area contributed by atoms with Crippen molar-refractivity contribution in [1.82, 2.24) is 5.32 Å². The third-order valence-corrected chi connectivity index (χ3v) is 3.77. The van der Waals surface area contributed by atoms with Crippen molar-refractivity contribution in [2.75, 3.05) is 20.2 Å². The van der Waals surface area contributed by atoms with Gasteiger partial charge in [0.1, 0.15) is 5.75 Å². The second-order valence-corrected chi connectivity index (χ2v) is 5.28. The van der Waals surface area contributed by atoms with Crippen LogP contribution in [-0.4, -0.2) is 20.2 Å². The van der Waals surface area contributed by atoms with Crippen molar-refractivity contribution in [3.8, 4) is 5.75 Å². The fraction of sp³-hybridized carbons (Fsp3) is 0.600. The van der Waals surface area contributed by atoms with Crippen molar-refractivity contribution in [2.45, 2.75) is 32.1 Å². The Morgan fingerprint density at radius 1 is 1.29 bits per heavy atom. The lowest BCUT2D eigenvalue weighted by molar-refractivity contribution is 0.155. The minimum absolute atomic E-state index is 0.360. The van der Waals surface area contributed by atoms with Gasteiger partial charge in [-0.1, -0.05) is 19.1 Å². The number of hydrogen-bond acceptors (Lipinski definition) is 2. The highest BCUT2D eigenvalue weighted by atomic mass is 16.5. The van der Waals surface area contributed by atoms with E-state index in [1.165, 1.54) is 18.4 Å². The maximum atomic E-state index is 5.49. The summed E-state index contributed by atoms with van der Waals surface area (Å²) in [5, 5.41) is 3.34. The summed E-state index contributed by atoms with van der Waals surface area (Å²) in [5.74, 6) is 1.83. The van der Waals surface area contributed by atoms with Gasteiger partial charge in [0.15, 0.2) is 0 Å². The zero-order chi connectivity index (χ0) is 12.3. The van der Waals surface area contributed by atoms with Crippen molar-refractivity contribution < 1.29 is 4.74 Å². The van der Waals surface area contributed by atoms with E-state index in [4.69, 9.17) is 4.74 Å². The minimum Gasteiger partial charge on any atom is -0.494 e. The summed E-state index contributed by atoms with van der Waals surface area (Å²) in [6, 6.07) is 8.65. The summed E-state index contributed by atoms with van der Waals surface area (Å²) in [6.45, 7) is 6.16. The van der Waals surface area contributed by atoms with Crippen LogP contribution in [0.5, 0.6) is 5.75 Å². The minimum atomic E-state index is 0.360. The molecule has 0 aliphatic heterocycles. The largest absolute Gasteiger partial charge is 0.494 e. The molecule has 0 heterocycles. The highest BCUT2D eigenvalue weighted by Gasteiger charge is 2.42. The molecule has 2 rings (SSSR count). The first-order valence-corrected chi connectivity index (χ1v) is 6.58. The van der Waals surface area contributed by atoms with Crippen molar-refractivity contribution >= 4 is 0 Å². The average molecular weight is 233 g/mol. The van der Waals surface area contributed by atoms with E-state index in [1.54, 1.807) is 0 Å². The number of likely N-dealkylation sites (N-methyl/N-ethyl adjacent to an activating group) is 1. The molecule has 1 aliphatic carbocycles. The number of rotatable bonds is 5. The second kappa shape index (κ2) is 5.09. The van der Waals surface area contributed by atoms with Crippen LogP contribution >= 0.6 is 0 Å². The van der Waals surface area contributed by atoms with E-state index in [0.717, 1.165) is 24.8 Å². The van der Waals surface area contributed by atoms with Crippen molar-refractivity contribution in [2.24, 2.45) is 5.92 Å². The van der Waals surface area contributed by atoms with Gasteiger partial charge in [-0.3, -0.25) is 0 Å². The first kappa shape index (κ1) is 12.4. The Hall–Kier alpha value is -1.02. The normalized spacial score (nSPS) is 27.6. The Kier molecular flexibility index (Phi) is 3.72. The van der Waals surface area contributed by atoms with Crippen LogP contribution in [0.3, 0.4) is 0 Å². The van der Waals surface area contributed by atoms with Crippen LogP contribution in [0.25, 0.3) is 0 Å². The SMILES string of the molecule is CCOc1ccc(C2(CNC)CC(C)C2)cc1. The third-order valence-electron chi connectivity index (χ3n) is 3.77. The molecule has 0 amide bonds. The van der Waals surface area contributed by atoms with Crippen LogP contribution in [0, 0.1) is 5.92 Å². The fourth-order valence-electron chi connectivity index (χ4n) is 3.17. The number of ether oxygens (including phenoxy) is 1. The van der Waals surface area contributed by atoms with Crippen LogP contribution < -0.4 is 10.1 Å². The molecule has 1 saturated carbocycles. The van der Waals surface area contributed by atoms with Crippen LogP contribution in [0.1, 0.15) is 32.3 Å². The summed E-state index contributed by atoms with van der Waals surface area (Å²) in [7, 11) is 2.04. The summed E-state index contributed by atoms with van der Waals surface area (Å²) < 4.78 is 5.49. The Bertz CT molecular complexity index is 346. The molecule has 1 fully saturated rings. The van der Waals surface area contributed by atoms with Gasteiger partial charge in [0.05, 0.1) is 6.61 Å². The molecular weight excluding hydrogens is 210 g/mol. The summed E-state index contributed by atoms with van der Waals surface area (Å²) in [5.41, 5.74) is 1.81. The van der Waals surface area contributed by atoms with E-state index < -0.39 is 0 Å². The smallest absolute Gasteiger partial charge is 0.119 e. The predicted octanol–water partition coefficient (Wildman–Crippen LogP) is 2.97. The quantitative estimate of drug-likeness (QED) is 0.844. The lowest BCUT2D eigenvalue weighted by Gasteiger charge is -2.47. The average Bonchev–Trinajstić information content (AvgIpc) is 2.28. The lowest BCUT2D eigenvalue weighted by atomic mass is 9.59. The maximum Gasteiger partial charge on any atom is 0.119 e. The molecule has 94 valence electrons. The molecule has 0 radical (unpaired) electrons. The molecule has 0 atom stereocenters. The molecule has 1 N–H and O–H groups in total. The van der Waals surface area contributed by atoms with Gasteiger partial charge in [0.2, 0.25) is 0 Å². The molecule has 0 unspecified atom stereocenters. The van der Waals surface area contributed by atoms with E-state index in [2.05, 4.69) is 36.5 Å². The Morgan fingerprint density at radius 3 is 2.41 bits per heavy atom. The lowest BCUT2D eigenvalue weighted by Crippen LogP contribution is -2.47. The van der Waals surface area contributed by atoms with Gasteiger partial charge in [-0.05, 0) is 50.4 Å². The van der Waals surface area contributed by atoms with Crippen LogP contribution in [0.2, 0.25) is 0 Å². The number of hydrogen-bond donors (Lipinski definition) is 1. The van der Waals surface area contributed by atoms with E-state index in [0.29, 0.717) is 5.41 Å².